The Morgan fingerprint density at radius 2 is 1.84 bits per heavy atom. The van der Waals surface area contributed by atoms with Crippen LogP contribution in [0.1, 0.15) is 41.0 Å². The van der Waals surface area contributed by atoms with Crippen molar-refractivity contribution in [3.63, 3.8) is 0 Å². The van der Waals surface area contributed by atoms with Crippen molar-refractivity contribution in [3.05, 3.63) is 12.7 Å². The van der Waals surface area contributed by atoms with E-state index in [9.17, 15) is 9.59 Å². The summed E-state index contributed by atoms with van der Waals surface area (Å²) in [7, 11) is 0. The first-order chi connectivity index (χ1) is 8.49. The number of hydrogen-bond donors (Lipinski definition) is 2. The zero-order valence-corrected chi connectivity index (χ0v) is 12.4. The average molecular weight is 271 g/mol. The zero-order chi connectivity index (χ0) is 15.3. The fourth-order valence-corrected chi connectivity index (χ4v) is 1.52. The van der Waals surface area contributed by atoms with Gasteiger partial charge in [-0.05, 0) is 11.8 Å². The van der Waals surface area contributed by atoms with Crippen LogP contribution in [0.4, 0.5) is 4.79 Å². The molecule has 0 saturated carbocycles. The molecular weight excluding hydrogens is 246 g/mol. The van der Waals surface area contributed by atoms with Crippen LogP contribution in [0.5, 0.6) is 0 Å². The van der Waals surface area contributed by atoms with E-state index in [-0.39, 0.29) is 12.0 Å². The summed E-state index contributed by atoms with van der Waals surface area (Å²) in [4.78, 5) is 22.7. The highest BCUT2D eigenvalue weighted by molar-refractivity contribution is 5.80. The van der Waals surface area contributed by atoms with E-state index in [0.717, 1.165) is 0 Å². The summed E-state index contributed by atoms with van der Waals surface area (Å²) < 4.78 is 5.07. The number of ether oxygens (including phenoxy) is 1. The molecule has 0 fully saturated rings. The quantitative estimate of drug-likeness (QED) is 0.728. The maximum absolute atomic E-state index is 11.6. The minimum atomic E-state index is -1.07. The van der Waals surface area contributed by atoms with Crippen molar-refractivity contribution in [2.45, 2.75) is 47.1 Å². The van der Waals surface area contributed by atoms with E-state index < -0.39 is 23.5 Å². The first-order valence-electron chi connectivity index (χ1n) is 6.26. The van der Waals surface area contributed by atoms with Crippen LogP contribution in [0.25, 0.3) is 0 Å². The van der Waals surface area contributed by atoms with Gasteiger partial charge in [0.1, 0.15) is 6.04 Å². The van der Waals surface area contributed by atoms with E-state index in [4.69, 9.17) is 9.84 Å². The molecule has 0 saturated heterocycles. The Morgan fingerprint density at radius 1 is 1.32 bits per heavy atom. The fraction of sp³-hybridized carbons (Fsp3) is 0.714. The number of carbonyl (C=O) groups is 2. The van der Waals surface area contributed by atoms with E-state index in [0.29, 0.717) is 6.42 Å². The predicted octanol–water partition coefficient (Wildman–Crippen LogP) is 2.81. The third kappa shape index (κ3) is 6.84. The molecule has 19 heavy (non-hydrogen) atoms. The Kier molecular flexibility index (Phi) is 6.06. The first-order valence-corrected chi connectivity index (χ1v) is 6.26. The normalized spacial score (nSPS) is 13.5. The Hall–Kier alpha value is -1.52. The minimum Gasteiger partial charge on any atom is -0.480 e. The zero-order valence-electron chi connectivity index (χ0n) is 12.4. The number of aliphatic carboxylic acids is 1. The van der Waals surface area contributed by atoms with E-state index in [2.05, 4.69) is 11.9 Å². The van der Waals surface area contributed by atoms with Crippen LogP contribution >= 0.6 is 0 Å². The van der Waals surface area contributed by atoms with Gasteiger partial charge in [0, 0.05) is 5.41 Å². The SMILES string of the molecule is C=CCC(C)(C)COC(=O)NC(C(=O)O)C(C)(C)C. The summed E-state index contributed by atoms with van der Waals surface area (Å²) in [5.41, 5.74) is -0.791. The van der Waals surface area contributed by atoms with Gasteiger partial charge in [0.05, 0.1) is 6.61 Å². The van der Waals surface area contributed by atoms with Crippen LogP contribution in [0, 0.1) is 10.8 Å². The summed E-state index contributed by atoms with van der Waals surface area (Å²) in [5.74, 6) is -1.07. The lowest BCUT2D eigenvalue weighted by Gasteiger charge is -2.28. The van der Waals surface area contributed by atoms with Gasteiger partial charge in [-0.25, -0.2) is 9.59 Å². The molecule has 0 aromatic carbocycles. The molecule has 0 aliphatic heterocycles. The van der Waals surface area contributed by atoms with Crippen LogP contribution in [0.15, 0.2) is 12.7 Å². The predicted molar refractivity (Wildman–Crippen MR) is 74.0 cm³/mol. The molecule has 1 amide bonds. The largest absolute Gasteiger partial charge is 0.480 e. The molecule has 0 heterocycles. The van der Waals surface area contributed by atoms with Crippen molar-refractivity contribution in [2.24, 2.45) is 10.8 Å². The monoisotopic (exact) mass is 271 g/mol. The first kappa shape index (κ1) is 17.5. The van der Waals surface area contributed by atoms with E-state index in [1.165, 1.54) is 0 Å². The van der Waals surface area contributed by atoms with Gasteiger partial charge in [0.25, 0.3) is 0 Å². The van der Waals surface area contributed by atoms with Crippen molar-refractivity contribution in [3.8, 4) is 0 Å². The number of allylic oxidation sites excluding steroid dienone is 1. The molecule has 0 aromatic rings. The summed E-state index contributed by atoms with van der Waals surface area (Å²) in [5, 5.41) is 11.5. The van der Waals surface area contributed by atoms with Crippen molar-refractivity contribution in [1.82, 2.24) is 5.32 Å². The number of carboxylic acid groups (broad SMARTS) is 1. The lowest BCUT2D eigenvalue weighted by molar-refractivity contribution is -0.142. The molecule has 0 aliphatic rings. The van der Waals surface area contributed by atoms with Crippen LogP contribution in [-0.4, -0.2) is 29.8 Å². The number of carbonyl (C=O) groups excluding carboxylic acids is 1. The molecule has 0 spiro atoms. The molecule has 0 rings (SSSR count). The van der Waals surface area contributed by atoms with Crippen LogP contribution in [-0.2, 0) is 9.53 Å². The van der Waals surface area contributed by atoms with E-state index in [1.54, 1.807) is 26.8 Å². The van der Waals surface area contributed by atoms with Gasteiger partial charge in [-0.15, -0.1) is 6.58 Å². The Balaban J connectivity index is 4.45. The van der Waals surface area contributed by atoms with Gasteiger partial charge in [-0.3, -0.25) is 0 Å². The molecule has 0 radical (unpaired) electrons. The lowest BCUT2D eigenvalue weighted by Crippen LogP contribution is -2.49. The third-order valence-corrected chi connectivity index (χ3v) is 2.67. The van der Waals surface area contributed by atoms with Gasteiger partial charge in [0.2, 0.25) is 0 Å². The van der Waals surface area contributed by atoms with Crippen LogP contribution < -0.4 is 5.32 Å². The smallest absolute Gasteiger partial charge is 0.407 e. The van der Waals surface area contributed by atoms with Crippen LogP contribution in [0.2, 0.25) is 0 Å². The minimum absolute atomic E-state index is 0.209. The average Bonchev–Trinajstić information content (AvgIpc) is 2.21. The highest BCUT2D eigenvalue weighted by atomic mass is 16.5. The second-order valence-electron chi connectivity index (χ2n) is 6.51. The maximum Gasteiger partial charge on any atom is 0.407 e. The number of rotatable bonds is 6. The summed E-state index contributed by atoms with van der Waals surface area (Å²) in [6.45, 7) is 13.0. The van der Waals surface area contributed by atoms with E-state index in [1.807, 2.05) is 13.8 Å². The van der Waals surface area contributed by atoms with Gasteiger partial charge in [-0.1, -0.05) is 40.7 Å². The number of nitrogens with one attached hydrogen (secondary N) is 1. The highest BCUT2D eigenvalue weighted by Gasteiger charge is 2.33. The Bertz CT molecular complexity index is 342. The van der Waals surface area contributed by atoms with Gasteiger partial charge in [0.15, 0.2) is 0 Å². The second kappa shape index (κ2) is 6.59. The standard InChI is InChI=1S/C14H25NO4/c1-7-8-14(5,6)9-19-12(18)15-10(11(16)17)13(2,3)4/h7,10H,1,8-9H2,2-6H3,(H,15,18)(H,16,17). The topological polar surface area (TPSA) is 75.6 Å². The number of hydrogen-bond acceptors (Lipinski definition) is 3. The van der Waals surface area contributed by atoms with Gasteiger partial charge >= 0.3 is 12.1 Å². The molecule has 0 aromatic heterocycles. The van der Waals surface area contributed by atoms with Gasteiger partial charge in [-0.2, -0.15) is 0 Å². The number of carboxylic acids is 1. The number of alkyl carbamates (subject to hydrolysis) is 1. The highest BCUT2D eigenvalue weighted by Crippen LogP contribution is 2.22. The molecule has 0 aliphatic carbocycles. The molecular formula is C14H25NO4. The van der Waals surface area contributed by atoms with Crippen molar-refractivity contribution in [1.29, 1.82) is 0 Å². The van der Waals surface area contributed by atoms with Crippen molar-refractivity contribution in [2.75, 3.05) is 6.61 Å². The fourth-order valence-electron chi connectivity index (χ4n) is 1.52. The summed E-state index contributed by atoms with van der Waals surface area (Å²) in [6.07, 6.45) is 1.76. The van der Waals surface area contributed by atoms with Crippen molar-refractivity contribution < 1.29 is 19.4 Å². The molecule has 1 unspecified atom stereocenters. The molecule has 1 atom stereocenters. The molecule has 5 nitrogen and oxygen atoms in total. The number of amides is 1. The Labute approximate surface area is 115 Å². The molecule has 0 bridgehead atoms. The summed E-state index contributed by atoms with van der Waals surface area (Å²) in [6, 6.07) is -0.984. The molecule has 110 valence electrons. The van der Waals surface area contributed by atoms with Crippen LogP contribution in [0.3, 0.4) is 0 Å². The second-order valence-corrected chi connectivity index (χ2v) is 6.51. The molecule has 5 heteroatoms. The lowest BCUT2D eigenvalue weighted by atomic mass is 9.87. The summed E-state index contributed by atoms with van der Waals surface area (Å²) >= 11 is 0. The third-order valence-electron chi connectivity index (χ3n) is 2.67. The Morgan fingerprint density at radius 3 is 2.21 bits per heavy atom. The van der Waals surface area contributed by atoms with Crippen molar-refractivity contribution >= 4 is 12.1 Å². The molecule has 2 N–H and O–H groups in total. The van der Waals surface area contributed by atoms with E-state index >= 15 is 0 Å². The van der Waals surface area contributed by atoms with Gasteiger partial charge < -0.3 is 15.2 Å². The maximum atomic E-state index is 11.6.